The number of rotatable bonds is 10. The summed E-state index contributed by atoms with van der Waals surface area (Å²) in [5.41, 5.74) is 6.44. The molecule has 0 atom stereocenters. The predicted molar refractivity (Wildman–Crippen MR) is 110 cm³/mol. The minimum Gasteiger partial charge on any atom is -0.394 e. The van der Waals surface area contributed by atoms with E-state index in [1.54, 1.807) is 0 Å². The average Bonchev–Trinajstić information content (AvgIpc) is 2.69. The molecule has 0 bridgehead atoms. The lowest BCUT2D eigenvalue weighted by Crippen LogP contribution is -2.11. The van der Waals surface area contributed by atoms with Crippen molar-refractivity contribution in [2.75, 3.05) is 39.6 Å². The highest BCUT2D eigenvalue weighted by atomic mass is 16.5. The van der Waals surface area contributed by atoms with E-state index in [0.29, 0.717) is 39.6 Å². The molecule has 3 aromatic rings. The van der Waals surface area contributed by atoms with Gasteiger partial charge in [0.25, 0.3) is 0 Å². The summed E-state index contributed by atoms with van der Waals surface area (Å²) in [6.45, 7) is 9.08. The number of pyridine rings is 2. The van der Waals surface area contributed by atoms with Crippen LogP contribution in [0.3, 0.4) is 0 Å². The fourth-order valence-corrected chi connectivity index (χ4v) is 3.26. The van der Waals surface area contributed by atoms with Crippen LogP contribution in [0.5, 0.6) is 0 Å². The molecule has 0 aliphatic heterocycles. The maximum atomic E-state index is 8.65. The molecule has 3 rings (SSSR count). The summed E-state index contributed by atoms with van der Waals surface area (Å²) in [5, 5.41) is 10.9. The summed E-state index contributed by atoms with van der Waals surface area (Å²) in [6, 6.07) is 4.32. The topological polar surface area (TPSA) is 73.7 Å². The number of aromatic nitrogens is 2. The summed E-state index contributed by atoms with van der Waals surface area (Å²) in [6.07, 6.45) is 3.77. The summed E-state index contributed by atoms with van der Waals surface area (Å²) in [7, 11) is 0. The van der Waals surface area contributed by atoms with E-state index < -0.39 is 0 Å². The number of hydrogen-bond donors (Lipinski definition) is 1. The van der Waals surface area contributed by atoms with Gasteiger partial charge in [-0.2, -0.15) is 0 Å². The van der Waals surface area contributed by atoms with Crippen LogP contribution in [-0.2, 0) is 20.8 Å². The molecule has 2 aromatic heterocycles. The van der Waals surface area contributed by atoms with Gasteiger partial charge in [-0.15, -0.1) is 0 Å². The van der Waals surface area contributed by atoms with Gasteiger partial charge in [0.1, 0.15) is 0 Å². The molecule has 6 nitrogen and oxygen atoms in total. The van der Waals surface area contributed by atoms with E-state index in [1.807, 2.05) is 19.3 Å². The highest BCUT2D eigenvalue weighted by Gasteiger charge is 2.14. The smallest absolute Gasteiger partial charge is 0.0968 e. The Labute approximate surface area is 165 Å². The molecule has 0 fully saturated rings. The summed E-state index contributed by atoms with van der Waals surface area (Å²) < 4.78 is 16.5. The van der Waals surface area contributed by atoms with Gasteiger partial charge >= 0.3 is 0 Å². The first kappa shape index (κ1) is 20.6. The van der Waals surface area contributed by atoms with Crippen molar-refractivity contribution >= 4 is 21.8 Å². The Morgan fingerprint density at radius 3 is 1.93 bits per heavy atom. The Hall–Kier alpha value is -2.12. The quantitative estimate of drug-likeness (QED) is 0.427. The number of nitrogens with zero attached hydrogens (tertiary/aromatic N) is 2. The second-order valence-corrected chi connectivity index (χ2v) is 6.92. The van der Waals surface area contributed by atoms with E-state index >= 15 is 0 Å². The lowest BCUT2D eigenvalue weighted by molar-refractivity contribution is 0.00461. The van der Waals surface area contributed by atoms with Crippen LogP contribution >= 0.6 is 0 Å². The van der Waals surface area contributed by atoms with E-state index in [-0.39, 0.29) is 6.61 Å². The van der Waals surface area contributed by atoms with Gasteiger partial charge in [0.05, 0.1) is 57.3 Å². The first-order valence-electron chi connectivity index (χ1n) is 9.60. The Morgan fingerprint density at radius 2 is 1.29 bits per heavy atom. The van der Waals surface area contributed by atoms with E-state index in [4.69, 9.17) is 19.3 Å². The lowest BCUT2D eigenvalue weighted by atomic mass is 9.96. The molecule has 0 saturated heterocycles. The van der Waals surface area contributed by atoms with E-state index in [1.165, 1.54) is 5.56 Å². The lowest BCUT2D eigenvalue weighted by Gasteiger charge is -2.15. The molecule has 0 radical (unpaired) electrons. The van der Waals surface area contributed by atoms with E-state index in [2.05, 4.69) is 35.9 Å². The summed E-state index contributed by atoms with van der Waals surface area (Å²) in [4.78, 5) is 9.30. The van der Waals surface area contributed by atoms with Crippen molar-refractivity contribution in [1.29, 1.82) is 0 Å². The molecule has 1 aromatic carbocycles. The third kappa shape index (κ3) is 4.83. The number of benzene rings is 1. The Bertz CT molecular complexity index is 943. The van der Waals surface area contributed by atoms with E-state index in [0.717, 1.165) is 38.5 Å². The van der Waals surface area contributed by atoms with Crippen molar-refractivity contribution in [2.45, 2.75) is 27.4 Å². The van der Waals surface area contributed by atoms with Crippen molar-refractivity contribution in [2.24, 2.45) is 0 Å². The van der Waals surface area contributed by atoms with Crippen molar-refractivity contribution in [3.8, 4) is 0 Å². The average molecular weight is 384 g/mol. The molecular weight excluding hydrogens is 356 g/mol. The monoisotopic (exact) mass is 384 g/mol. The van der Waals surface area contributed by atoms with Crippen molar-refractivity contribution in [3.05, 3.63) is 46.8 Å². The van der Waals surface area contributed by atoms with Gasteiger partial charge in [-0.1, -0.05) is 0 Å². The van der Waals surface area contributed by atoms with Gasteiger partial charge in [0.2, 0.25) is 0 Å². The Balaban J connectivity index is 1.72. The maximum absolute atomic E-state index is 8.65. The highest BCUT2D eigenvalue weighted by molar-refractivity contribution is 6.06. The fourth-order valence-electron chi connectivity index (χ4n) is 3.26. The first-order valence-corrected chi connectivity index (χ1v) is 9.60. The van der Waals surface area contributed by atoms with Crippen LogP contribution < -0.4 is 0 Å². The van der Waals surface area contributed by atoms with E-state index in [9.17, 15) is 0 Å². The van der Waals surface area contributed by atoms with Gasteiger partial charge in [0.15, 0.2) is 0 Å². The molecular formula is C22H28N2O4. The molecule has 0 saturated carbocycles. The fraction of sp³-hybridized carbons (Fsp3) is 0.455. The van der Waals surface area contributed by atoms with Gasteiger partial charge in [-0.25, -0.2) is 0 Å². The first-order chi connectivity index (χ1) is 13.6. The molecule has 2 heterocycles. The van der Waals surface area contributed by atoms with Crippen LogP contribution in [-0.4, -0.2) is 54.7 Å². The summed E-state index contributed by atoms with van der Waals surface area (Å²) in [5.74, 6) is 0. The third-order valence-corrected chi connectivity index (χ3v) is 4.68. The van der Waals surface area contributed by atoms with Crippen molar-refractivity contribution in [3.63, 3.8) is 0 Å². The summed E-state index contributed by atoms with van der Waals surface area (Å²) >= 11 is 0. The maximum Gasteiger partial charge on any atom is 0.0968 e. The van der Waals surface area contributed by atoms with Gasteiger partial charge in [-0.05, 0) is 55.2 Å². The molecule has 6 heteroatoms. The Kier molecular flexibility index (Phi) is 7.28. The normalized spacial score (nSPS) is 11.6. The third-order valence-electron chi connectivity index (χ3n) is 4.68. The van der Waals surface area contributed by atoms with Crippen LogP contribution in [0.25, 0.3) is 21.8 Å². The molecule has 0 amide bonds. The minimum absolute atomic E-state index is 0.0333. The molecule has 0 unspecified atom stereocenters. The van der Waals surface area contributed by atoms with Crippen LogP contribution in [0.15, 0.2) is 24.5 Å². The van der Waals surface area contributed by atoms with Crippen molar-refractivity contribution < 1.29 is 19.3 Å². The number of hydrogen-bond acceptors (Lipinski definition) is 6. The molecule has 28 heavy (non-hydrogen) atoms. The van der Waals surface area contributed by atoms with Crippen LogP contribution in [0.2, 0.25) is 0 Å². The number of ether oxygens (including phenoxy) is 3. The number of fused-ring (bicyclic) bond motifs is 3. The van der Waals surface area contributed by atoms with Crippen LogP contribution in [0.4, 0.5) is 0 Å². The van der Waals surface area contributed by atoms with Crippen molar-refractivity contribution in [1.82, 2.24) is 9.97 Å². The second-order valence-electron chi connectivity index (χ2n) is 6.92. The zero-order valence-corrected chi connectivity index (χ0v) is 16.8. The minimum atomic E-state index is 0.0333. The van der Waals surface area contributed by atoms with Crippen LogP contribution in [0, 0.1) is 20.8 Å². The predicted octanol–water partition coefficient (Wildman–Crippen LogP) is 3.25. The second kappa shape index (κ2) is 9.89. The highest BCUT2D eigenvalue weighted by Crippen LogP contribution is 2.31. The molecule has 0 aliphatic rings. The SMILES string of the molecule is Cc1cnc2c(c1)c(C)c(COCCOCCOCCO)c1cc(C)cnc12. The number of aryl methyl sites for hydroxylation is 3. The Morgan fingerprint density at radius 1 is 0.750 bits per heavy atom. The standard InChI is InChI=1S/C22H28N2O4/c1-15-10-18-17(3)20(14-28-9-8-27-7-6-26-5-4-25)19-11-16(2)13-24-22(19)21(18)23-12-15/h10-13,25H,4-9,14H2,1-3H3. The van der Waals surface area contributed by atoms with Gasteiger partial charge < -0.3 is 19.3 Å². The number of aliphatic hydroxyl groups excluding tert-OH is 1. The molecule has 0 aliphatic carbocycles. The zero-order chi connectivity index (χ0) is 19.9. The zero-order valence-electron chi connectivity index (χ0n) is 16.8. The molecule has 0 spiro atoms. The van der Waals surface area contributed by atoms with Crippen LogP contribution in [0.1, 0.15) is 22.3 Å². The number of aliphatic hydroxyl groups is 1. The largest absolute Gasteiger partial charge is 0.394 e. The van der Waals surface area contributed by atoms with Gasteiger partial charge in [0, 0.05) is 23.2 Å². The van der Waals surface area contributed by atoms with Gasteiger partial charge in [-0.3, -0.25) is 9.97 Å². The molecule has 1 N–H and O–H groups in total. The molecule has 150 valence electrons.